The Morgan fingerprint density at radius 2 is 1.97 bits per heavy atom. The van der Waals surface area contributed by atoms with Crippen molar-refractivity contribution in [1.29, 1.82) is 0 Å². The summed E-state index contributed by atoms with van der Waals surface area (Å²) in [4.78, 5) is 28.5. The van der Waals surface area contributed by atoms with Gasteiger partial charge in [0.15, 0.2) is 0 Å². The van der Waals surface area contributed by atoms with E-state index in [0.29, 0.717) is 19.8 Å². The molecule has 0 saturated carbocycles. The first-order valence-electron chi connectivity index (χ1n) is 11.7. The molecule has 35 heavy (non-hydrogen) atoms. The summed E-state index contributed by atoms with van der Waals surface area (Å²) in [7, 11) is 0. The van der Waals surface area contributed by atoms with Crippen LogP contribution in [0.15, 0.2) is 81.7 Å². The van der Waals surface area contributed by atoms with Crippen molar-refractivity contribution in [3.63, 3.8) is 0 Å². The van der Waals surface area contributed by atoms with Crippen LogP contribution in [0.25, 0.3) is 11.3 Å². The normalized spacial score (nSPS) is 14.8. The lowest BCUT2D eigenvalue weighted by atomic mass is 9.99. The molecule has 1 fully saturated rings. The number of ether oxygens (including phenoxy) is 1. The van der Waals surface area contributed by atoms with E-state index in [1.165, 1.54) is 20.9 Å². The molecule has 8 heteroatoms. The first-order chi connectivity index (χ1) is 17.2. The number of aromatic nitrogens is 3. The zero-order valence-corrected chi connectivity index (χ0v) is 20.0. The van der Waals surface area contributed by atoms with Crippen molar-refractivity contribution in [3.8, 4) is 11.3 Å². The third-order valence-corrected chi connectivity index (χ3v) is 7.67. The second kappa shape index (κ2) is 9.56. The third kappa shape index (κ3) is 4.67. The van der Waals surface area contributed by atoms with Gasteiger partial charge in [-0.1, -0.05) is 30.0 Å². The first-order valence-corrected chi connectivity index (χ1v) is 12.5. The van der Waals surface area contributed by atoms with Crippen LogP contribution < -0.4 is 15.8 Å². The first kappa shape index (κ1) is 21.9. The van der Waals surface area contributed by atoms with Gasteiger partial charge in [0.25, 0.3) is 0 Å². The van der Waals surface area contributed by atoms with Crippen molar-refractivity contribution >= 4 is 23.1 Å². The monoisotopic (exact) mass is 483 g/mol. The molecule has 176 valence electrons. The molecule has 2 aromatic carbocycles. The van der Waals surface area contributed by atoms with Crippen molar-refractivity contribution in [3.05, 3.63) is 94.3 Å². The number of nitrogens with one attached hydrogen (secondary N) is 2. The van der Waals surface area contributed by atoms with Gasteiger partial charge in [-0.15, -0.1) is 0 Å². The van der Waals surface area contributed by atoms with Crippen LogP contribution in [-0.2, 0) is 17.7 Å². The lowest BCUT2D eigenvalue weighted by Gasteiger charge is -2.29. The maximum atomic E-state index is 12.6. The number of H-pyrrole nitrogens is 1. The highest BCUT2D eigenvalue weighted by Gasteiger charge is 2.21. The minimum atomic E-state index is -0.0813. The van der Waals surface area contributed by atoms with Crippen molar-refractivity contribution in [2.45, 2.75) is 22.8 Å². The Morgan fingerprint density at radius 3 is 2.83 bits per heavy atom. The average Bonchev–Trinajstić information content (AvgIpc) is 2.91. The number of benzene rings is 2. The minimum Gasteiger partial charge on any atom is -0.379 e. The lowest BCUT2D eigenvalue weighted by Crippen LogP contribution is -2.36. The molecule has 0 radical (unpaired) electrons. The van der Waals surface area contributed by atoms with Gasteiger partial charge in [-0.2, -0.15) is 0 Å². The van der Waals surface area contributed by atoms with E-state index >= 15 is 0 Å². The Hall–Kier alpha value is -3.62. The topological polar surface area (TPSA) is 83.1 Å². The van der Waals surface area contributed by atoms with Gasteiger partial charge in [-0.05, 0) is 47.9 Å². The van der Waals surface area contributed by atoms with E-state index in [4.69, 9.17) is 4.74 Å². The Kier molecular flexibility index (Phi) is 5.98. The van der Waals surface area contributed by atoms with Gasteiger partial charge < -0.3 is 19.9 Å². The number of morpholine rings is 1. The third-order valence-electron chi connectivity index (χ3n) is 6.36. The van der Waals surface area contributed by atoms with Crippen molar-refractivity contribution in [2.75, 3.05) is 36.5 Å². The van der Waals surface area contributed by atoms with Gasteiger partial charge in [-0.3, -0.25) is 4.79 Å². The smallest absolute Gasteiger partial charge is 0.250 e. The molecule has 0 atom stereocenters. The van der Waals surface area contributed by atoms with Crippen LogP contribution in [0.1, 0.15) is 16.8 Å². The summed E-state index contributed by atoms with van der Waals surface area (Å²) in [5.41, 5.74) is 7.38. The second-order valence-corrected chi connectivity index (χ2v) is 9.72. The second-order valence-electron chi connectivity index (χ2n) is 8.67. The molecular formula is C27H25N5O2S. The van der Waals surface area contributed by atoms with Crippen LogP contribution in [0, 0.1) is 0 Å². The summed E-state index contributed by atoms with van der Waals surface area (Å²) in [5, 5.41) is 3.46. The number of rotatable bonds is 5. The summed E-state index contributed by atoms with van der Waals surface area (Å²) in [6.07, 6.45) is 4.17. The van der Waals surface area contributed by atoms with E-state index in [0.717, 1.165) is 47.8 Å². The number of aromatic amines is 1. The number of hydrogen-bond donors (Lipinski definition) is 2. The predicted molar refractivity (Wildman–Crippen MR) is 138 cm³/mol. The minimum absolute atomic E-state index is 0.0813. The maximum absolute atomic E-state index is 12.6. The fourth-order valence-electron chi connectivity index (χ4n) is 4.59. The molecule has 2 aliphatic rings. The molecule has 1 saturated heterocycles. The van der Waals surface area contributed by atoms with Crippen LogP contribution in [0.2, 0.25) is 0 Å². The number of hydrogen-bond acceptors (Lipinski definition) is 7. The van der Waals surface area contributed by atoms with E-state index in [2.05, 4.69) is 67.6 Å². The van der Waals surface area contributed by atoms with Crippen LogP contribution >= 0.6 is 11.8 Å². The fraction of sp³-hybridized carbons (Fsp3) is 0.222. The molecule has 0 spiro atoms. The number of pyridine rings is 1. The van der Waals surface area contributed by atoms with Gasteiger partial charge in [0, 0.05) is 52.1 Å². The zero-order valence-electron chi connectivity index (χ0n) is 19.2. The molecule has 0 unspecified atom stereocenters. The van der Waals surface area contributed by atoms with Gasteiger partial charge in [0.2, 0.25) is 5.56 Å². The van der Waals surface area contributed by atoms with E-state index in [9.17, 15) is 4.79 Å². The maximum Gasteiger partial charge on any atom is 0.250 e. The molecule has 6 rings (SSSR count). The van der Waals surface area contributed by atoms with Crippen molar-refractivity contribution < 1.29 is 4.74 Å². The Labute approximate surface area is 207 Å². The molecule has 0 amide bonds. The highest BCUT2D eigenvalue weighted by atomic mass is 32.2. The number of anilines is 2. The van der Waals surface area contributed by atoms with Crippen molar-refractivity contribution in [2.24, 2.45) is 0 Å². The van der Waals surface area contributed by atoms with Gasteiger partial charge in [0.1, 0.15) is 6.33 Å². The quantitative estimate of drug-likeness (QED) is 0.385. The Balaban J connectivity index is 1.27. The van der Waals surface area contributed by atoms with E-state index in [1.807, 2.05) is 6.07 Å². The SMILES string of the molecule is O=c1cc(N2CCOCC2)cc(-c2cccc3c2Sc2ccc(NCc4ccncn4)cc2C3)[nH]1. The molecular weight excluding hydrogens is 458 g/mol. The Bertz CT molecular complexity index is 1420. The van der Waals surface area contributed by atoms with Gasteiger partial charge >= 0.3 is 0 Å². The molecule has 0 aliphatic carbocycles. The Morgan fingerprint density at radius 1 is 1.06 bits per heavy atom. The summed E-state index contributed by atoms with van der Waals surface area (Å²) >= 11 is 1.77. The summed E-state index contributed by atoms with van der Waals surface area (Å²) in [5.74, 6) is 0. The summed E-state index contributed by atoms with van der Waals surface area (Å²) in [6.45, 7) is 3.62. The highest BCUT2D eigenvalue weighted by molar-refractivity contribution is 7.99. The van der Waals surface area contributed by atoms with Crippen molar-refractivity contribution in [1.82, 2.24) is 15.0 Å². The highest BCUT2D eigenvalue weighted by Crippen LogP contribution is 2.45. The van der Waals surface area contributed by atoms with Gasteiger partial charge in [0.05, 0.1) is 31.1 Å². The van der Waals surface area contributed by atoms with Crippen LogP contribution in [0.3, 0.4) is 0 Å². The molecule has 2 aliphatic heterocycles. The van der Waals surface area contributed by atoms with E-state index in [-0.39, 0.29) is 5.56 Å². The molecule has 4 heterocycles. The molecule has 2 N–H and O–H groups in total. The lowest BCUT2D eigenvalue weighted by molar-refractivity contribution is 0.122. The van der Waals surface area contributed by atoms with Crippen LogP contribution in [0.5, 0.6) is 0 Å². The number of fused-ring (bicyclic) bond motifs is 2. The standard InChI is InChI=1S/C27H25N5O2S/c33-26-15-22(32-8-10-34-11-9-32)14-24(31-26)23-3-1-2-18-12-19-13-20(4-5-25(19)35-27(18)23)29-16-21-6-7-28-17-30-21/h1-7,13-15,17,29H,8-12,16H2,(H,31,33). The molecule has 7 nitrogen and oxygen atoms in total. The number of nitrogens with zero attached hydrogens (tertiary/aromatic N) is 3. The summed E-state index contributed by atoms with van der Waals surface area (Å²) in [6, 6.07) is 18.6. The predicted octanol–water partition coefficient (Wildman–Crippen LogP) is 4.34. The zero-order chi connectivity index (χ0) is 23.6. The fourth-order valence-corrected chi connectivity index (χ4v) is 5.77. The van der Waals surface area contributed by atoms with Crippen LogP contribution in [-0.4, -0.2) is 41.3 Å². The van der Waals surface area contributed by atoms with E-state index in [1.54, 1.807) is 30.4 Å². The van der Waals surface area contributed by atoms with Gasteiger partial charge in [-0.25, -0.2) is 9.97 Å². The molecule has 0 bridgehead atoms. The van der Waals surface area contributed by atoms with E-state index < -0.39 is 0 Å². The molecule has 2 aromatic heterocycles. The summed E-state index contributed by atoms with van der Waals surface area (Å²) < 4.78 is 5.48. The molecule has 4 aromatic rings. The van der Waals surface area contributed by atoms with Crippen LogP contribution in [0.4, 0.5) is 11.4 Å². The largest absolute Gasteiger partial charge is 0.379 e. The average molecular weight is 484 g/mol.